The molecule has 10 heteroatoms. The molecule has 9 nitrogen and oxygen atoms in total. The molecule has 0 saturated heterocycles. The van der Waals surface area contributed by atoms with Crippen molar-refractivity contribution in [3.05, 3.63) is 32.4 Å². The summed E-state index contributed by atoms with van der Waals surface area (Å²) in [6, 6.07) is 2.13. The molecule has 1 aromatic carbocycles. The highest BCUT2D eigenvalue weighted by atomic mass is 32.2. The monoisotopic (exact) mass is 315 g/mol. The number of nitrogens with one attached hydrogen (secondary N) is 1. The van der Waals surface area contributed by atoms with Gasteiger partial charge in [0, 0.05) is 25.3 Å². The average molecular weight is 315 g/mol. The molecule has 0 aliphatic heterocycles. The van der Waals surface area contributed by atoms with Crippen molar-refractivity contribution in [2.45, 2.75) is 11.8 Å². The van der Waals surface area contributed by atoms with E-state index in [1.807, 2.05) is 0 Å². The second-order valence-electron chi connectivity index (χ2n) is 3.84. The molecular weight excluding hydrogens is 302 g/mol. The Bertz CT molecular complexity index is 577. The van der Waals surface area contributed by atoms with E-state index in [1.165, 1.54) is 20.1 Å². The topological polar surface area (TPSA) is 125 Å². The third-order valence-corrected chi connectivity index (χ3v) is 3.43. The van der Waals surface area contributed by atoms with E-state index in [0.717, 1.165) is 17.8 Å². The van der Waals surface area contributed by atoms with Gasteiger partial charge in [0.25, 0.3) is 5.69 Å². The summed E-state index contributed by atoms with van der Waals surface area (Å²) in [5.41, 5.74) is -0.828. The Morgan fingerprint density at radius 1 is 1.29 bits per heavy atom. The summed E-state index contributed by atoms with van der Waals surface area (Å²) < 4.78 is 4.88. The van der Waals surface area contributed by atoms with Crippen molar-refractivity contribution in [2.75, 3.05) is 19.4 Å². The minimum Gasteiger partial charge on any atom is -0.490 e. The number of amides is 1. The van der Waals surface area contributed by atoms with Gasteiger partial charge in [0.1, 0.15) is 0 Å². The van der Waals surface area contributed by atoms with Gasteiger partial charge in [-0.25, -0.2) is 0 Å². The first kappa shape index (κ1) is 16.7. The number of hydrogen-bond acceptors (Lipinski definition) is 7. The lowest BCUT2D eigenvalue weighted by Crippen LogP contribution is -2.22. The standard InChI is InChI=1S/C11H13N3O6S/c1-7(15)12-3-4-21-11-6-10(20-2)8(13(16)17)5-9(11)14(18)19/h5-6H,3-4H2,1-2H3,(H,12,15). The van der Waals surface area contributed by atoms with Gasteiger partial charge in [0.2, 0.25) is 5.91 Å². The number of ether oxygens (including phenoxy) is 1. The predicted octanol–water partition coefficient (Wildman–Crippen LogP) is 1.74. The Morgan fingerprint density at radius 3 is 2.38 bits per heavy atom. The second kappa shape index (κ2) is 7.43. The van der Waals surface area contributed by atoms with Crippen molar-refractivity contribution in [2.24, 2.45) is 0 Å². The second-order valence-corrected chi connectivity index (χ2v) is 4.97. The lowest BCUT2D eigenvalue weighted by molar-refractivity contribution is -0.396. The molecule has 21 heavy (non-hydrogen) atoms. The van der Waals surface area contributed by atoms with Crippen LogP contribution >= 0.6 is 11.8 Å². The van der Waals surface area contributed by atoms with Crippen LogP contribution in [0.25, 0.3) is 0 Å². The number of benzene rings is 1. The van der Waals surface area contributed by atoms with Crippen LogP contribution in [-0.2, 0) is 4.79 Å². The maximum atomic E-state index is 11.0. The lowest BCUT2D eigenvalue weighted by atomic mass is 10.2. The van der Waals surface area contributed by atoms with Crippen LogP contribution in [0.4, 0.5) is 11.4 Å². The van der Waals surface area contributed by atoms with Gasteiger partial charge < -0.3 is 10.1 Å². The first-order valence-electron chi connectivity index (χ1n) is 5.75. The zero-order chi connectivity index (χ0) is 16.0. The molecule has 0 spiro atoms. The number of methoxy groups -OCH3 is 1. The van der Waals surface area contributed by atoms with Crippen molar-refractivity contribution in [1.29, 1.82) is 0 Å². The summed E-state index contributed by atoms with van der Waals surface area (Å²) in [6.07, 6.45) is 0. The number of nitro groups is 2. The molecule has 1 rings (SSSR count). The van der Waals surface area contributed by atoms with Crippen LogP contribution in [0.3, 0.4) is 0 Å². The Balaban J connectivity index is 3.03. The van der Waals surface area contributed by atoms with Crippen LogP contribution in [0.1, 0.15) is 6.92 Å². The molecule has 0 aromatic heterocycles. The highest BCUT2D eigenvalue weighted by molar-refractivity contribution is 7.99. The van der Waals surface area contributed by atoms with Crippen molar-refractivity contribution >= 4 is 29.0 Å². The van der Waals surface area contributed by atoms with Crippen molar-refractivity contribution in [1.82, 2.24) is 5.32 Å². The SMILES string of the molecule is COc1cc(SCCNC(C)=O)c([N+](=O)[O-])cc1[N+](=O)[O-]. The van der Waals surface area contributed by atoms with E-state index in [0.29, 0.717) is 12.3 Å². The van der Waals surface area contributed by atoms with Gasteiger partial charge in [-0.2, -0.15) is 0 Å². The van der Waals surface area contributed by atoms with Gasteiger partial charge in [-0.05, 0) is 0 Å². The summed E-state index contributed by atoms with van der Waals surface area (Å²) in [7, 11) is 1.25. The maximum Gasteiger partial charge on any atom is 0.317 e. The number of carbonyl (C=O) groups is 1. The van der Waals surface area contributed by atoms with E-state index >= 15 is 0 Å². The highest BCUT2D eigenvalue weighted by Crippen LogP contribution is 2.39. The van der Waals surface area contributed by atoms with E-state index in [4.69, 9.17) is 4.74 Å². The van der Waals surface area contributed by atoms with Crippen LogP contribution < -0.4 is 10.1 Å². The van der Waals surface area contributed by atoms with E-state index in [1.54, 1.807) is 0 Å². The summed E-state index contributed by atoms with van der Waals surface area (Å²) in [5, 5.41) is 24.4. The molecule has 0 aliphatic carbocycles. The van der Waals surface area contributed by atoms with Crippen LogP contribution in [0.5, 0.6) is 5.75 Å². The van der Waals surface area contributed by atoms with E-state index in [9.17, 15) is 25.0 Å². The zero-order valence-electron chi connectivity index (χ0n) is 11.3. The summed E-state index contributed by atoms with van der Waals surface area (Å²) >= 11 is 1.11. The number of hydrogen-bond donors (Lipinski definition) is 1. The van der Waals surface area contributed by atoms with Crippen LogP contribution in [0.15, 0.2) is 17.0 Å². The van der Waals surface area contributed by atoms with Crippen molar-refractivity contribution < 1.29 is 19.4 Å². The third kappa shape index (κ3) is 4.60. The van der Waals surface area contributed by atoms with Crippen LogP contribution in [0, 0.1) is 20.2 Å². The van der Waals surface area contributed by atoms with Gasteiger partial charge in [-0.1, -0.05) is 0 Å². The summed E-state index contributed by atoms with van der Waals surface area (Å²) in [5.74, 6) is 0.139. The molecule has 0 unspecified atom stereocenters. The Kier molecular flexibility index (Phi) is 5.91. The van der Waals surface area contributed by atoms with E-state index in [-0.39, 0.29) is 22.2 Å². The molecule has 0 radical (unpaired) electrons. The largest absolute Gasteiger partial charge is 0.490 e. The maximum absolute atomic E-state index is 11.0. The van der Waals surface area contributed by atoms with Gasteiger partial charge in [0.05, 0.1) is 27.9 Å². The molecule has 114 valence electrons. The molecule has 0 aliphatic rings. The highest BCUT2D eigenvalue weighted by Gasteiger charge is 2.25. The van der Waals surface area contributed by atoms with Gasteiger partial charge in [-0.15, -0.1) is 11.8 Å². The Hall–Kier alpha value is -2.36. The van der Waals surface area contributed by atoms with Crippen molar-refractivity contribution in [3.63, 3.8) is 0 Å². The fourth-order valence-corrected chi connectivity index (χ4v) is 2.39. The molecule has 0 atom stereocenters. The molecule has 0 saturated carbocycles. The summed E-state index contributed by atoms with van der Waals surface area (Å²) in [6.45, 7) is 1.69. The molecule has 0 fully saturated rings. The minimum atomic E-state index is -0.739. The molecule has 1 amide bonds. The van der Waals surface area contributed by atoms with Gasteiger partial charge in [-0.3, -0.25) is 25.0 Å². The molecule has 0 heterocycles. The van der Waals surface area contributed by atoms with Crippen molar-refractivity contribution in [3.8, 4) is 5.75 Å². The third-order valence-electron chi connectivity index (χ3n) is 2.39. The first-order valence-corrected chi connectivity index (χ1v) is 6.73. The fraction of sp³-hybridized carbons (Fsp3) is 0.364. The molecule has 0 bridgehead atoms. The quantitative estimate of drug-likeness (QED) is 0.351. The molecule has 1 N–H and O–H groups in total. The first-order chi connectivity index (χ1) is 9.86. The Morgan fingerprint density at radius 2 is 1.90 bits per heavy atom. The lowest BCUT2D eigenvalue weighted by Gasteiger charge is -2.07. The zero-order valence-corrected chi connectivity index (χ0v) is 12.1. The van der Waals surface area contributed by atoms with E-state index < -0.39 is 15.5 Å². The smallest absolute Gasteiger partial charge is 0.317 e. The average Bonchev–Trinajstić information content (AvgIpc) is 2.42. The van der Waals surface area contributed by atoms with E-state index in [2.05, 4.69) is 5.32 Å². The minimum absolute atomic E-state index is 0.0485. The molecular formula is C11H13N3O6S. The van der Waals surface area contributed by atoms with Gasteiger partial charge >= 0.3 is 5.69 Å². The number of nitro benzene ring substituents is 2. The molecule has 1 aromatic rings. The summed E-state index contributed by atoms with van der Waals surface area (Å²) in [4.78, 5) is 31.4. The number of carbonyl (C=O) groups excluding carboxylic acids is 1. The number of rotatable bonds is 7. The number of nitrogens with zero attached hydrogens (tertiary/aromatic N) is 2. The normalized spacial score (nSPS) is 10.0. The number of thioether (sulfide) groups is 1. The fourth-order valence-electron chi connectivity index (χ4n) is 1.49. The van der Waals surface area contributed by atoms with Crippen LogP contribution in [0.2, 0.25) is 0 Å². The van der Waals surface area contributed by atoms with Crippen LogP contribution in [-0.4, -0.2) is 35.2 Å². The van der Waals surface area contributed by atoms with Gasteiger partial charge in [0.15, 0.2) is 5.75 Å². The Labute approximate surface area is 124 Å². The predicted molar refractivity (Wildman–Crippen MR) is 75.7 cm³/mol.